The van der Waals surface area contributed by atoms with Crippen molar-refractivity contribution in [1.82, 2.24) is 20.4 Å². The van der Waals surface area contributed by atoms with Crippen LogP contribution in [0.15, 0.2) is 36.7 Å². The molecule has 0 aliphatic carbocycles. The SMILES string of the molecule is CC(NC(=O)C1CCCCN1Cc1ccc(F)cc1)c1cn[nH]c1. The predicted octanol–water partition coefficient (Wildman–Crippen LogP) is 2.78. The Bertz CT molecular complexity index is 656. The summed E-state index contributed by atoms with van der Waals surface area (Å²) in [6.07, 6.45) is 6.51. The number of carbonyl (C=O) groups excluding carboxylic acids is 1. The minimum absolute atomic E-state index is 0.0468. The summed E-state index contributed by atoms with van der Waals surface area (Å²) < 4.78 is 13.1. The highest BCUT2D eigenvalue weighted by molar-refractivity contribution is 5.82. The van der Waals surface area contributed by atoms with E-state index in [-0.39, 0.29) is 23.8 Å². The number of aromatic amines is 1. The molecule has 2 N–H and O–H groups in total. The molecule has 1 fully saturated rings. The van der Waals surface area contributed by atoms with Crippen LogP contribution >= 0.6 is 0 Å². The van der Waals surface area contributed by atoms with Crippen LogP contribution in [0.4, 0.5) is 4.39 Å². The van der Waals surface area contributed by atoms with Gasteiger partial charge in [0, 0.05) is 18.3 Å². The van der Waals surface area contributed by atoms with Crippen LogP contribution in [0.25, 0.3) is 0 Å². The molecular formula is C18H23FN4O. The van der Waals surface area contributed by atoms with Gasteiger partial charge in [-0.25, -0.2) is 4.39 Å². The summed E-state index contributed by atoms with van der Waals surface area (Å²) in [4.78, 5) is 14.9. The standard InChI is InChI=1S/C18H23FN4O/c1-13(15-10-20-21-11-15)22-18(24)17-4-2-3-9-23(17)12-14-5-7-16(19)8-6-14/h5-8,10-11,13,17H,2-4,9,12H2,1H3,(H,20,21)(H,22,24). The van der Waals surface area contributed by atoms with E-state index in [2.05, 4.69) is 20.4 Å². The second-order valence-corrected chi connectivity index (χ2v) is 6.37. The van der Waals surface area contributed by atoms with Gasteiger partial charge in [-0.2, -0.15) is 5.10 Å². The minimum Gasteiger partial charge on any atom is -0.348 e. The summed E-state index contributed by atoms with van der Waals surface area (Å²) in [7, 11) is 0. The monoisotopic (exact) mass is 330 g/mol. The average Bonchev–Trinajstić information content (AvgIpc) is 3.12. The van der Waals surface area contributed by atoms with Crippen molar-refractivity contribution >= 4 is 5.91 Å². The fourth-order valence-corrected chi connectivity index (χ4v) is 3.19. The van der Waals surface area contributed by atoms with E-state index in [4.69, 9.17) is 0 Å². The summed E-state index contributed by atoms with van der Waals surface area (Å²) in [5, 5.41) is 9.77. The summed E-state index contributed by atoms with van der Waals surface area (Å²) in [5.41, 5.74) is 1.99. The van der Waals surface area contributed by atoms with Crippen molar-refractivity contribution in [2.75, 3.05) is 6.54 Å². The Morgan fingerprint density at radius 3 is 2.92 bits per heavy atom. The number of likely N-dealkylation sites (tertiary alicyclic amines) is 1. The van der Waals surface area contributed by atoms with Crippen molar-refractivity contribution in [2.24, 2.45) is 0 Å². The molecule has 0 spiro atoms. The lowest BCUT2D eigenvalue weighted by molar-refractivity contribution is -0.128. The van der Waals surface area contributed by atoms with E-state index in [9.17, 15) is 9.18 Å². The van der Waals surface area contributed by atoms with Crippen LogP contribution < -0.4 is 5.32 Å². The minimum atomic E-state index is -0.236. The van der Waals surface area contributed by atoms with E-state index in [0.29, 0.717) is 6.54 Å². The Kier molecular flexibility index (Phi) is 5.25. The van der Waals surface area contributed by atoms with Gasteiger partial charge < -0.3 is 5.32 Å². The van der Waals surface area contributed by atoms with Gasteiger partial charge in [-0.15, -0.1) is 0 Å². The lowest BCUT2D eigenvalue weighted by atomic mass is 9.99. The van der Waals surface area contributed by atoms with E-state index in [1.165, 1.54) is 12.1 Å². The van der Waals surface area contributed by atoms with E-state index >= 15 is 0 Å². The normalized spacial score (nSPS) is 19.8. The van der Waals surface area contributed by atoms with Crippen molar-refractivity contribution in [3.63, 3.8) is 0 Å². The highest BCUT2D eigenvalue weighted by Gasteiger charge is 2.29. The Hall–Kier alpha value is -2.21. The van der Waals surface area contributed by atoms with E-state index in [1.807, 2.05) is 6.92 Å². The lowest BCUT2D eigenvalue weighted by Gasteiger charge is -2.35. The van der Waals surface area contributed by atoms with Crippen LogP contribution in [0.5, 0.6) is 0 Å². The molecule has 5 nitrogen and oxygen atoms in total. The molecule has 1 amide bonds. The highest BCUT2D eigenvalue weighted by Crippen LogP contribution is 2.21. The third kappa shape index (κ3) is 4.00. The molecule has 1 aliphatic heterocycles. The maximum Gasteiger partial charge on any atom is 0.237 e. The van der Waals surface area contributed by atoms with Gasteiger partial charge in [0.25, 0.3) is 0 Å². The van der Waals surface area contributed by atoms with Gasteiger partial charge in [0.15, 0.2) is 0 Å². The Labute approximate surface area is 141 Å². The molecule has 6 heteroatoms. The molecule has 1 saturated heterocycles. The van der Waals surface area contributed by atoms with Crippen molar-refractivity contribution in [1.29, 1.82) is 0 Å². The van der Waals surface area contributed by atoms with Gasteiger partial charge >= 0.3 is 0 Å². The molecule has 2 atom stereocenters. The van der Waals surface area contributed by atoms with Crippen LogP contribution in [0.3, 0.4) is 0 Å². The molecule has 0 radical (unpaired) electrons. The number of nitrogens with zero attached hydrogens (tertiary/aromatic N) is 2. The first-order valence-electron chi connectivity index (χ1n) is 8.41. The van der Waals surface area contributed by atoms with Crippen LogP contribution in [-0.2, 0) is 11.3 Å². The first-order chi connectivity index (χ1) is 11.6. The molecule has 1 aliphatic rings. The fourth-order valence-electron chi connectivity index (χ4n) is 3.19. The molecule has 0 bridgehead atoms. The van der Waals surface area contributed by atoms with Crippen LogP contribution in [-0.4, -0.2) is 33.6 Å². The molecule has 2 aromatic rings. The van der Waals surface area contributed by atoms with E-state index in [1.54, 1.807) is 24.5 Å². The Morgan fingerprint density at radius 1 is 1.42 bits per heavy atom. The van der Waals surface area contributed by atoms with Gasteiger partial charge in [-0.1, -0.05) is 18.6 Å². The predicted molar refractivity (Wildman–Crippen MR) is 89.6 cm³/mol. The summed E-state index contributed by atoms with van der Waals surface area (Å²) in [5.74, 6) is -0.189. The van der Waals surface area contributed by atoms with Gasteiger partial charge in [-0.3, -0.25) is 14.8 Å². The highest BCUT2D eigenvalue weighted by atomic mass is 19.1. The van der Waals surface area contributed by atoms with E-state index < -0.39 is 0 Å². The zero-order valence-corrected chi connectivity index (χ0v) is 13.8. The molecule has 128 valence electrons. The second-order valence-electron chi connectivity index (χ2n) is 6.37. The number of halogens is 1. The number of nitrogens with one attached hydrogen (secondary N) is 2. The Morgan fingerprint density at radius 2 is 2.21 bits per heavy atom. The first-order valence-corrected chi connectivity index (χ1v) is 8.41. The molecule has 3 rings (SSSR count). The molecule has 24 heavy (non-hydrogen) atoms. The van der Waals surface area contributed by atoms with Crippen molar-refractivity contribution in [3.05, 3.63) is 53.6 Å². The Balaban J connectivity index is 1.65. The van der Waals surface area contributed by atoms with Gasteiger partial charge in [0.1, 0.15) is 5.82 Å². The van der Waals surface area contributed by atoms with Crippen LogP contribution in [0, 0.1) is 5.82 Å². The molecular weight excluding hydrogens is 307 g/mol. The number of piperidine rings is 1. The third-order valence-corrected chi connectivity index (χ3v) is 4.59. The quantitative estimate of drug-likeness (QED) is 0.886. The third-order valence-electron chi connectivity index (χ3n) is 4.59. The number of hydrogen-bond acceptors (Lipinski definition) is 3. The topological polar surface area (TPSA) is 61.0 Å². The van der Waals surface area contributed by atoms with Gasteiger partial charge in [-0.05, 0) is 44.0 Å². The maximum absolute atomic E-state index is 13.1. The zero-order chi connectivity index (χ0) is 16.9. The zero-order valence-electron chi connectivity index (χ0n) is 13.8. The van der Waals surface area contributed by atoms with Gasteiger partial charge in [0.05, 0.1) is 18.3 Å². The summed E-state index contributed by atoms with van der Waals surface area (Å²) in [6, 6.07) is 6.29. The number of hydrogen-bond donors (Lipinski definition) is 2. The van der Waals surface area contributed by atoms with Crippen molar-refractivity contribution in [3.8, 4) is 0 Å². The van der Waals surface area contributed by atoms with Crippen molar-refractivity contribution in [2.45, 2.75) is 44.8 Å². The molecule has 1 aromatic carbocycles. The average molecular weight is 330 g/mol. The molecule has 0 saturated carbocycles. The maximum atomic E-state index is 13.1. The smallest absolute Gasteiger partial charge is 0.237 e. The van der Waals surface area contributed by atoms with Gasteiger partial charge in [0.2, 0.25) is 5.91 Å². The largest absolute Gasteiger partial charge is 0.348 e. The number of H-pyrrole nitrogens is 1. The number of amides is 1. The van der Waals surface area contributed by atoms with Crippen LogP contribution in [0.2, 0.25) is 0 Å². The van der Waals surface area contributed by atoms with Crippen LogP contribution in [0.1, 0.15) is 43.4 Å². The summed E-state index contributed by atoms with van der Waals surface area (Å²) >= 11 is 0. The molecule has 2 unspecified atom stereocenters. The number of carbonyl (C=O) groups is 1. The number of benzene rings is 1. The number of rotatable bonds is 5. The molecule has 1 aromatic heterocycles. The van der Waals surface area contributed by atoms with Crippen molar-refractivity contribution < 1.29 is 9.18 Å². The molecule has 2 heterocycles. The number of aromatic nitrogens is 2. The second kappa shape index (κ2) is 7.57. The fraction of sp³-hybridized carbons (Fsp3) is 0.444. The summed E-state index contributed by atoms with van der Waals surface area (Å²) in [6.45, 7) is 3.50. The van der Waals surface area contributed by atoms with E-state index in [0.717, 1.165) is 36.9 Å². The lowest BCUT2D eigenvalue weighted by Crippen LogP contribution is -2.49. The first kappa shape index (κ1) is 16.6.